The molecule has 8 bridgehead atoms. The van der Waals surface area contributed by atoms with Crippen molar-refractivity contribution in [1.29, 1.82) is 0 Å². The highest BCUT2D eigenvalue weighted by atomic mass is 15.1. The highest BCUT2D eigenvalue weighted by Crippen LogP contribution is 2.40. The second-order valence-corrected chi connectivity index (χ2v) is 17.4. The van der Waals surface area contributed by atoms with Gasteiger partial charge in [-0.05, 0) is 69.3 Å². The molecule has 7 aromatic rings. The van der Waals surface area contributed by atoms with Crippen LogP contribution in [0.15, 0.2) is 72.8 Å². The lowest BCUT2D eigenvalue weighted by Gasteiger charge is -2.19. The minimum atomic E-state index is -0.0744. The lowest BCUT2D eigenvalue weighted by atomic mass is 9.85. The highest BCUT2D eigenvalue weighted by molar-refractivity contribution is 6.07. The summed E-state index contributed by atoms with van der Waals surface area (Å²) in [6.07, 6.45) is 0. The molecular weight excluding hydrogens is 655 g/mol. The van der Waals surface area contributed by atoms with Gasteiger partial charge in [0.1, 0.15) is 22.6 Å². The van der Waals surface area contributed by atoms with Crippen LogP contribution in [0, 0.1) is 0 Å². The van der Waals surface area contributed by atoms with Crippen LogP contribution in [-0.4, -0.2) is 39.9 Å². The maximum absolute atomic E-state index is 6.35. The maximum Gasteiger partial charge on any atom is 0.164 e. The minimum absolute atomic E-state index is 0.0681. The minimum Gasteiger partial charge on any atom is -0.399 e. The number of benzene rings is 4. The standard InChI is InChI=1S/C44H43N9/c1-42(2,3)22-10-14-26-30(18-22)38-46-34(26)48-39-32-20-24(44(7,8)9)12-16-28(32)36(50-39)52-41-33-21-25(45)13-17-29(33)37(53-41)51-40-31-19-23(43(4,5)6)11-15-27(31)35(47-38)49-40/h10-21H,45H2,1-9H3,(H2,46,47,48,49,50,51,52,53). The smallest absolute Gasteiger partial charge is 0.164 e. The van der Waals surface area contributed by atoms with Gasteiger partial charge in [0.25, 0.3) is 0 Å². The van der Waals surface area contributed by atoms with Gasteiger partial charge in [-0.2, -0.15) is 0 Å². The predicted molar refractivity (Wildman–Crippen MR) is 217 cm³/mol. The molecule has 9 nitrogen and oxygen atoms in total. The lowest BCUT2D eigenvalue weighted by molar-refractivity contribution is 0.590. The second kappa shape index (κ2) is 11.0. The van der Waals surface area contributed by atoms with E-state index in [0.29, 0.717) is 51.6 Å². The monoisotopic (exact) mass is 697 g/mol. The lowest BCUT2D eigenvalue weighted by Crippen LogP contribution is -2.10. The van der Waals surface area contributed by atoms with Gasteiger partial charge < -0.3 is 15.7 Å². The number of nitrogens with one attached hydrogen (secondary N) is 2. The van der Waals surface area contributed by atoms with Gasteiger partial charge in [-0.3, -0.25) is 0 Å². The summed E-state index contributed by atoms with van der Waals surface area (Å²) in [6, 6.07) is 25.3. The number of hydrogen-bond acceptors (Lipinski definition) is 7. The van der Waals surface area contributed by atoms with Gasteiger partial charge in [0.15, 0.2) is 23.3 Å². The fourth-order valence-electron chi connectivity index (χ4n) is 7.21. The first kappa shape index (κ1) is 32.9. The Bertz CT molecular complexity index is 2830. The van der Waals surface area contributed by atoms with Crippen LogP contribution in [0.25, 0.3) is 89.7 Å². The molecule has 0 saturated carbocycles. The molecule has 53 heavy (non-hydrogen) atoms. The van der Waals surface area contributed by atoms with E-state index < -0.39 is 0 Å². The Balaban J connectivity index is 1.47. The van der Waals surface area contributed by atoms with Crippen LogP contribution in [0.3, 0.4) is 0 Å². The average Bonchev–Trinajstić information content (AvgIpc) is 3.81. The van der Waals surface area contributed by atoms with E-state index in [9.17, 15) is 0 Å². The van der Waals surface area contributed by atoms with Gasteiger partial charge in [-0.25, -0.2) is 29.9 Å². The molecule has 3 aromatic heterocycles. The molecule has 2 aliphatic heterocycles. The molecule has 0 aliphatic carbocycles. The summed E-state index contributed by atoms with van der Waals surface area (Å²) in [5, 5.41) is 3.65. The number of H-pyrrole nitrogens is 2. The average molecular weight is 698 g/mol. The molecule has 5 heterocycles. The summed E-state index contributed by atoms with van der Waals surface area (Å²) < 4.78 is 0. The van der Waals surface area contributed by atoms with E-state index in [1.54, 1.807) is 0 Å². The van der Waals surface area contributed by atoms with Crippen molar-refractivity contribution in [1.82, 2.24) is 39.9 Å². The number of fused-ring (bicyclic) bond motifs is 20. The zero-order chi connectivity index (χ0) is 37.2. The molecule has 0 unspecified atom stereocenters. The van der Waals surface area contributed by atoms with Crippen molar-refractivity contribution in [3.05, 3.63) is 89.5 Å². The van der Waals surface area contributed by atoms with Crippen molar-refractivity contribution in [3.8, 4) is 45.6 Å². The van der Waals surface area contributed by atoms with E-state index in [1.807, 2.05) is 18.2 Å². The van der Waals surface area contributed by atoms with Gasteiger partial charge in [-0.1, -0.05) is 98.7 Å². The predicted octanol–water partition coefficient (Wildman–Crippen LogP) is 10.3. The maximum atomic E-state index is 6.35. The Morgan fingerprint density at radius 3 is 1.19 bits per heavy atom. The van der Waals surface area contributed by atoms with Gasteiger partial charge in [0.05, 0.1) is 0 Å². The Kier molecular flexibility index (Phi) is 6.85. The third-order valence-electron chi connectivity index (χ3n) is 10.5. The number of aromatic nitrogens is 8. The van der Waals surface area contributed by atoms with Crippen molar-refractivity contribution in [2.75, 3.05) is 5.73 Å². The van der Waals surface area contributed by atoms with Gasteiger partial charge in [-0.15, -0.1) is 0 Å². The van der Waals surface area contributed by atoms with Crippen molar-refractivity contribution in [2.24, 2.45) is 0 Å². The molecule has 0 saturated heterocycles. The zero-order valence-corrected chi connectivity index (χ0v) is 31.7. The van der Waals surface area contributed by atoms with E-state index in [2.05, 4.69) is 127 Å². The fourth-order valence-corrected chi connectivity index (χ4v) is 7.21. The third-order valence-corrected chi connectivity index (χ3v) is 10.5. The third kappa shape index (κ3) is 5.45. The largest absolute Gasteiger partial charge is 0.399 e. The molecule has 9 heteroatoms. The molecular formula is C44H43N9. The number of hydrogen-bond donors (Lipinski definition) is 3. The first-order valence-corrected chi connectivity index (χ1v) is 18.2. The molecule has 4 N–H and O–H groups in total. The topological polar surface area (TPSA) is 135 Å². The summed E-state index contributed by atoms with van der Waals surface area (Å²) in [4.78, 5) is 38.3. The molecule has 264 valence electrons. The van der Waals surface area contributed by atoms with E-state index in [4.69, 9.17) is 35.6 Å². The number of nitrogens with two attached hydrogens (primary N) is 1. The first-order chi connectivity index (χ1) is 25.0. The molecule has 0 spiro atoms. The van der Waals surface area contributed by atoms with Crippen molar-refractivity contribution in [2.45, 2.75) is 78.6 Å². The molecule has 9 rings (SSSR count). The van der Waals surface area contributed by atoms with Gasteiger partial charge in [0.2, 0.25) is 0 Å². The fraction of sp³-hybridized carbons (Fsp3) is 0.273. The SMILES string of the molecule is CC(C)(C)c1ccc2c(c1)-c1nc-2nc2[nH]c(nc3nc(nc4[nH]c(n1)c1ccc(N)cc41)-c1ccc(C(C)(C)C)cc1-3)c1ccc(C(C)(C)C)cc21. The van der Waals surface area contributed by atoms with Crippen LogP contribution < -0.4 is 5.73 Å². The van der Waals surface area contributed by atoms with Crippen LogP contribution in [-0.2, 0) is 16.2 Å². The van der Waals surface area contributed by atoms with Crippen LogP contribution in [0.4, 0.5) is 5.69 Å². The van der Waals surface area contributed by atoms with Gasteiger partial charge >= 0.3 is 0 Å². The zero-order valence-electron chi connectivity index (χ0n) is 31.7. The molecule has 0 fully saturated rings. The van der Waals surface area contributed by atoms with Crippen LogP contribution in [0.1, 0.15) is 79.0 Å². The van der Waals surface area contributed by atoms with E-state index in [0.717, 1.165) is 43.8 Å². The molecule has 0 radical (unpaired) electrons. The Labute approximate surface area is 308 Å². The van der Waals surface area contributed by atoms with Gasteiger partial charge in [0, 0.05) is 49.5 Å². The van der Waals surface area contributed by atoms with E-state index in [1.165, 1.54) is 16.7 Å². The molecule has 2 aliphatic rings. The number of rotatable bonds is 0. The summed E-state index contributed by atoms with van der Waals surface area (Å²) in [7, 11) is 0. The number of aromatic amines is 2. The van der Waals surface area contributed by atoms with E-state index in [-0.39, 0.29) is 16.2 Å². The quantitative estimate of drug-likeness (QED) is 0.134. The van der Waals surface area contributed by atoms with Crippen molar-refractivity contribution < 1.29 is 0 Å². The van der Waals surface area contributed by atoms with Crippen molar-refractivity contribution in [3.63, 3.8) is 0 Å². The first-order valence-electron chi connectivity index (χ1n) is 18.2. The van der Waals surface area contributed by atoms with Crippen LogP contribution in [0.2, 0.25) is 0 Å². The Morgan fingerprint density at radius 1 is 0.377 bits per heavy atom. The Morgan fingerprint density at radius 2 is 0.736 bits per heavy atom. The summed E-state index contributed by atoms with van der Waals surface area (Å²) in [5.74, 6) is 2.31. The number of nitrogens with zero attached hydrogens (tertiary/aromatic N) is 6. The van der Waals surface area contributed by atoms with Crippen LogP contribution >= 0.6 is 0 Å². The summed E-state index contributed by atoms with van der Waals surface area (Å²) in [5.41, 5.74) is 16.6. The highest BCUT2D eigenvalue weighted by Gasteiger charge is 2.26. The van der Waals surface area contributed by atoms with Crippen LogP contribution in [0.5, 0.6) is 0 Å². The van der Waals surface area contributed by atoms with E-state index >= 15 is 0 Å². The molecule has 4 aromatic carbocycles. The number of anilines is 1. The molecule has 0 amide bonds. The second-order valence-electron chi connectivity index (χ2n) is 17.4. The summed E-state index contributed by atoms with van der Waals surface area (Å²) in [6.45, 7) is 19.9. The number of nitrogen functional groups attached to an aromatic ring is 1. The van der Waals surface area contributed by atoms with Crippen molar-refractivity contribution >= 4 is 49.8 Å². The Hall–Kier alpha value is -5.96. The molecule has 0 atom stereocenters. The summed E-state index contributed by atoms with van der Waals surface area (Å²) >= 11 is 0. The normalized spacial score (nSPS) is 13.1.